The summed E-state index contributed by atoms with van der Waals surface area (Å²) in [6.07, 6.45) is 2.84. The van der Waals surface area contributed by atoms with Crippen LogP contribution in [0, 0.1) is 6.92 Å². The molecule has 0 aliphatic rings. The van der Waals surface area contributed by atoms with Gasteiger partial charge in [-0.1, -0.05) is 45.8 Å². The molecule has 0 spiro atoms. The second-order valence-corrected chi connectivity index (χ2v) is 5.89. The minimum atomic E-state index is 0.730. The fourth-order valence-corrected chi connectivity index (χ4v) is 2.77. The van der Waals surface area contributed by atoms with Crippen LogP contribution in [0.2, 0.25) is 0 Å². The second-order valence-electron chi connectivity index (χ2n) is 4.98. The number of carbonyl (C=O) groups excluding carboxylic acids is 1. The molecule has 0 N–H and O–H groups in total. The quantitative estimate of drug-likeness (QED) is 0.646. The van der Waals surface area contributed by atoms with Gasteiger partial charge in [-0.25, -0.2) is 0 Å². The van der Waals surface area contributed by atoms with Crippen LogP contribution in [0.5, 0.6) is 0 Å². The molecule has 0 unspecified atom stereocenters. The molecule has 100 valence electrons. The Bertz CT molecular complexity index is 772. The Balaban J connectivity index is 2.07. The first-order valence-corrected chi connectivity index (χ1v) is 7.26. The van der Waals surface area contributed by atoms with E-state index in [1.54, 1.807) is 0 Å². The molecule has 1 aromatic heterocycles. The van der Waals surface area contributed by atoms with Crippen molar-refractivity contribution in [2.24, 2.45) is 0 Å². The Hall–Kier alpha value is -1.87. The first kappa shape index (κ1) is 13.1. The molecule has 0 aliphatic heterocycles. The zero-order chi connectivity index (χ0) is 14.1. The lowest BCUT2D eigenvalue weighted by Crippen LogP contribution is -1.97. The molecule has 0 atom stereocenters. The SMILES string of the molecule is Cc1ccc(Cn2cc(C=O)c3cc(Br)ccc32)cc1. The molecule has 2 nitrogen and oxygen atoms in total. The van der Waals surface area contributed by atoms with Gasteiger partial charge in [0.25, 0.3) is 0 Å². The van der Waals surface area contributed by atoms with E-state index in [-0.39, 0.29) is 0 Å². The van der Waals surface area contributed by atoms with E-state index in [2.05, 4.69) is 51.7 Å². The fourth-order valence-electron chi connectivity index (χ4n) is 2.41. The Morgan fingerprint density at radius 1 is 1.15 bits per heavy atom. The van der Waals surface area contributed by atoms with Crippen molar-refractivity contribution in [3.63, 3.8) is 0 Å². The minimum Gasteiger partial charge on any atom is -0.342 e. The topological polar surface area (TPSA) is 22.0 Å². The van der Waals surface area contributed by atoms with Gasteiger partial charge in [0, 0.05) is 33.7 Å². The van der Waals surface area contributed by atoms with Crippen molar-refractivity contribution < 1.29 is 4.79 Å². The number of benzene rings is 2. The molecular weight excluding hydrogens is 314 g/mol. The highest BCUT2D eigenvalue weighted by Gasteiger charge is 2.08. The van der Waals surface area contributed by atoms with E-state index < -0.39 is 0 Å². The van der Waals surface area contributed by atoms with Crippen LogP contribution in [0.1, 0.15) is 21.5 Å². The number of hydrogen-bond acceptors (Lipinski definition) is 1. The summed E-state index contributed by atoms with van der Waals surface area (Å²) in [6.45, 7) is 2.85. The summed E-state index contributed by atoms with van der Waals surface area (Å²) in [4.78, 5) is 11.2. The summed E-state index contributed by atoms with van der Waals surface area (Å²) >= 11 is 3.45. The van der Waals surface area contributed by atoms with Crippen molar-refractivity contribution in [2.45, 2.75) is 13.5 Å². The van der Waals surface area contributed by atoms with Crippen LogP contribution >= 0.6 is 15.9 Å². The van der Waals surface area contributed by atoms with E-state index >= 15 is 0 Å². The van der Waals surface area contributed by atoms with Gasteiger partial charge in [-0.15, -0.1) is 0 Å². The summed E-state index contributed by atoms with van der Waals surface area (Å²) in [6, 6.07) is 14.5. The molecule has 3 heteroatoms. The van der Waals surface area contributed by atoms with Crippen LogP contribution < -0.4 is 0 Å². The maximum atomic E-state index is 11.2. The fraction of sp³-hybridized carbons (Fsp3) is 0.118. The van der Waals surface area contributed by atoms with Crippen LogP contribution in [0.25, 0.3) is 10.9 Å². The number of rotatable bonds is 3. The van der Waals surface area contributed by atoms with E-state index in [0.29, 0.717) is 0 Å². The van der Waals surface area contributed by atoms with E-state index in [9.17, 15) is 4.79 Å². The highest BCUT2D eigenvalue weighted by molar-refractivity contribution is 9.10. The molecule has 2 aromatic carbocycles. The first-order chi connectivity index (χ1) is 9.67. The number of hydrogen-bond donors (Lipinski definition) is 0. The number of fused-ring (bicyclic) bond motifs is 1. The Morgan fingerprint density at radius 3 is 2.60 bits per heavy atom. The third-order valence-electron chi connectivity index (χ3n) is 3.47. The third-order valence-corrected chi connectivity index (χ3v) is 3.97. The van der Waals surface area contributed by atoms with E-state index in [4.69, 9.17) is 0 Å². The van der Waals surface area contributed by atoms with Gasteiger partial charge >= 0.3 is 0 Å². The number of halogens is 1. The van der Waals surface area contributed by atoms with Crippen molar-refractivity contribution in [2.75, 3.05) is 0 Å². The van der Waals surface area contributed by atoms with Gasteiger partial charge in [0.2, 0.25) is 0 Å². The van der Waals surface area contributed by atoms with Crippen LogP contribution in [-0.2, 0) is 6.54 Å². The molecule has 0 aliphatic carbocycles. The van der Waals surface area contributed by atoms with E-state index in [1.807, 2.05) is 24.4 Å². The van der Waals surface area contributed by atoms with Crippen molar-refractivity contribution in [1.29, 1.82) is 0 Å². The average Bonchev–Trinajstić information content (AvgIpc) is 2.78. The number of carbonyl (C=O) groups is 1. The lowest BCUT2D eigenvalue weighted by atomic mass is 10.1. The smallest absolute Gasteiger partial charge is 0.152 e. The monoisotopic (exact) mass is 327 g/mol. The normalized spacial score (nSPS) is 10.9. The van der Waals surface area contributed by atoms with Gasteiger partial charge in [-0.3, -0.25) is 4.79 Å². The zero-order valence-corrected chi connectivity index (χ0v) is 12.7. The molecule has 1 heterocycles. The average molecular weight is 328 g/mol. The third kappa shape index (κ3) is 2.41. The number of aromatic nitrogens is 1. The molecular formula is C17H14BrNO. The van der Waals surface area contributed by atoms with Gasteiger partial charge in [-0.2, -0.15) is 0 Å². The summed E-state index contributed by atoms with van der Waals surface area (Å²) in [5.74, 6) is 0. The van der Waals surface area contributed by atoms with Crippen LogP contribution in [0.3, 0.4) is 0 Å². The molecule has 20 heavy (non-hydrogen) atoms. The molecule has 3 aromatic rings. The van der Waals surface area contributed by atoms with Crippen molar-refractivity contribution in [3.05, 3.63) is 69.8 Å². The zero-order valence-electron chi connectivity index (χ0n) is 11.1. The highest BCUT2D eigenvalue weighted by Crippen LogP contribution is 2.25. The first-order valence-electron chi connectivity index (χ1n) is 6.46. The van der Waals surface area contributed by atoms with Crippen LogP contribution in [-0.4, -0.2) is 10.9 Å². The second kappa shape index (κ2) is 5.25. The Morgan fingerprint density at radius 2 is 1.90 bits per heavy atom. The van der Waals surface area contributed by atoms with Gasteiger partial charge < -0.3 is 4.57 Å². The molecule has 0 amide bonds. The largest absolute Gasteiger partial charge is 0.342 e. The van der Waals surface area contributed by atoms with Crippen molar-refractivity contribution in [1.82, 2.24) is 4.57 Å². The molecule has 0 saturated heterocycles. The lowest BCUT2D eigenvalue weighted by Gasteiger charge is -2.06. The number of aldehydes is 1. The summed E-state index contributed by atoms with van der Waals surface area (Å²) < 4.78 is 3.11. The van der Waals surface area contributed by atoms with Crippen LogP contribution in [0.15, 0.2) is 53.1 Å². The highest BCUT2D eigenvalue weighted by atomic mass is 79.9. The molecule has 0 radical (unpaired) electrons. The Kier molecular flexibility index (Phi) is 3.45. The minimum absolute atomic E-state index is 0.730. The van der Waals surface area contributed by atoms with Crippen molar-refractivity contribution >= 4 is 33.1 Å². The maximum absolute atomic E-state index is 11.2. The molecule has 0 fully saturated rings. The van der Waals surface area contributed by atoms with Gasteiger partial charge in [-0.05, 0) is 30.7 Å². The number of aryl methyl sites for hydroxylation is 1. The van der Waals surface area contributed by atoms with Gasteiger partial charge in [0.15, 0.2) is 6.29 Å². The Labute approximate surface area is 126 Å². The predicted octanol–water partition coefficient (Wildman–Crippen LogP) is 4.57. The molecule has 0 saturated carbocycles. The standard InChI is InChI=1S/C17H14BrNO/c1-12-2-4-13(5-3-12)9-19-10-14(11-20)16-8-15(18)6-7-17(16)19/h2-8,10-11H,9H2,1H3. The predicted molar refractivity (Wildman–Crippen MR) is 85.3 cm³/mol. The number of nitrogens with zero attached hydrogens (tertiary/aromatic N) is 1. The molecule has 0 bridgehead atoms. The summed E-state index contributed by atoms with van der Waals surface area (Å²) in [7, 11) is 0. The van der Waals surface area contributed by atoms with Gasteiger partial charge in [0.05, 0.1) is 0 Å². The maximum Gasteiger partial charge on any atom is 0.152 e. The summed E-state index contributed by atoms with van der Waals surface area (Å²) in [5, 5.41) is 0.987. The van der Waals surface area contributed by atoms with Gasteiger partial charge in [0.1, 0.15) is 0 Å². The van der Waals surface area contributed by atoms with Crippen LogP contribution in [0.4, 0.5) is 0 Å². The summed E-state index contributed by atoms with van der Waals surface area (Å²) in [5.41, 5.74) is 4.29. The van der Waals surface area contributed by atoms with E-state index in [1.165, 1.54) is 11.1 Å². The van der Waals surface area contributed by atoms with Crippen molar-refractivity contribution in [3.8, 4) is 0 Å². The van der Waals surface area contributed by atoms with E-state index in [0.717, 1.165) is 33.8 Å². The molecule has 3 rings (SSSR count). The lowest BCUT2D eigenvalue weighted by molar-refractivity contribution is 0.112.